The second kappa shape index (κ2) is 7.45. The third kappa shape index (κ3) is 6.02. The quantitative estimate of drug-likeness (QED) is 0.790. The van der Waals surface area contributed by atoms with Crippen LogP contribution < -0.4 is 10.6 Å². The largest absolute Gasteiger partial charge is 0.373 e. The maximum atomic E-state index is 11.8. The number of hydrogen-bond donors (Lipinski definition) is 2. The minimum Gasteiger partial charge on any atom is -0.373 e. The molecule has 2 N–H and O–H groups in total. The van der Waals surface area contributed by atoms with Gasteiger partial charge in [0.05, 0.1) is 18.8 Å². The molecular weight excluding hydrogens is 246 g/mol. The van der Waals surface area contributed by atoms with Crippen LogP contribution in [0, 0.1) is 0 Å². The summed E-state index contributed by atoms with van der Waals surface area (Å²) >= 11 is 0. The van der Waals surface area contributed by atoms with Crippen molar-refractivity contribution >= 4 is 11.9 Å². The summed E-state index contributed by atoms with van der Waals surface area (Å²) in [4.78, 5) is 25.3. The molecule has 0 bridgehead atoms. The molecule has 110 valence electrons. The zero-order valence-corrected chi connectivity index (χ0v) is 12.2. The summed E-state index contributed by atoms with van der Waals surface area (Å²) in [6, 6.07) is -0.357. The van der Waals surface area contributed by atoms with Crippen molar-refractivity contribution in [1.82, 2.24) is 15.5 Å². The van der Waals surface area contributed by atoms with Crippen LogP contribution in [0.5, 0.6) is 0 Å². The van der Waals surface area contributed by atoms with Crippen LogP contribution >= 0.6 is 0 Å². The molecule has 0 spiro atoms. The highest BCUT2D eigenvalue weighted by atomic mass is 16.5. The number of ether oxygens (including phenoxy) is 1. The molecule has 3 atom stereocenters. The Morgan fingerprint density at radius 2 is 1.89 bits per heavy atom. The van der Waals surface area contributed by atoms with Gasteiger partial charge in [0, 0.05) is 19.1 Å². The molecule has 6 nitrogen and oxygen atoms in total. The predicted molar refractivity (Wildman–Crippen MR) is 72.9 cm³/mol. The number of nitrogens with one attached hydrogen (secondary N) is 2. The second-order valence-corrected chi connectivity index (χ2v) is 5.28. The Hall–Kier alpha value is -1.14. The molecule has 19 heavy (non-hydrogen) atoms. The highest BCUT2D eigenvalue weighted by molar-refractivity contribution is 5.95. The number of urea groups is 1. The van der Waals surface area contributed by atoms with Crippen LogP contribution in [-0.2, 0) is 9.53 Å². The van der Waals surface area contributed by atoms with Gasteiger partial charge in [0.25, 0.3) is 0 Å². The third-order valence-electron chi connectivity index (χ3n) is 3.11. The third-order valence-corrected chi connectivity index (χ3v) is 3.11. The van der Waals surface area contributed by atoms with Gasteiger partial charge in [-0.05, 0) is 27.2 Å². The smallest absolute Gasteiger partial charge is 0.321 e. The maximum absolute atomic E-state index is 11.8. The first-order chi connectivity index (χ1) is 8.90. The fourth-order valence-corrected chi connectivity index (χ4v) is 2.14. The summed E-state index contributed by atoms with van der Waals surface area (Å²) in [6.45, 7) is 9.49. The highest BCUT2D eigenvalue weighted by Gasteiger charge is 2.24. The number of carbonyl (C=O) groups is 2. The van der Waals surface area contributed by atoms with E-state index in [2.05, 4.69) is 10.6 Å². The van der Waals surface area contributed by atoms with E-state index in [0.29, 0.717) is 13.1 Å². The lowest BCUT2D eigenvalue weighted by atomic mass is 10.2. The molecule has 0 aromatic heterocycles. The van der Waals surface area contributed by atoms with Crippen LogP contribution in [0.1, 0.15) is 34.1 Å². The van der Waals surface area contributed by atoms with Gasteiger partial charge in [-0.3, -0.25) is 15.0 Å². The lowest BCUT2D eigenvalue weighted by Gasteiger charge is -2.34. The number of amides is 3. The van der Waals surface area contributed by atoms with Crippen molar-refractivity contribution in [2.75, 3.05) is 19.6 Å². The van der Waals surface area contributed by atoms with Crippen LogP contribution in [0.2, 0.25) is 0 Å². The van der Waals surface area contributed by atoms with Gasteiger partial charge >= 0.3 is 6.03 Å². The summed E-state index contributed by atoms with van der Waals surface area (Å²) in [5.41, 5.74) is 0. The first-order valence-corrected chi connectivity index (χ1v) is 6.88. The number of hydrogen-bond acceptors (Lipinski definition) is 4. The van der Waals surface area contributed by atoms with Crippen molar-refractivity contribution in [3.8, 4) is 0 Å². The van der Waals surface area contributed by atoms with Crippen molar-refractivity contribution in [1.29, 1.82) is 0 Å². The highest BCUT2D eigenvalue weighted by Crippen LogP contribution is 2.09. The van der Waals surface area contributed by atoms with E-state index in [9.17, 15) is 9.59 Å². The van der Waals surface area contributed by atoms with Crippen LogP contribution in [0.15, 0.2) is 0 Å². The van der Waals surface area contributed by atoms with E-state index in [1.54, 1.807) is 0 Å². The summed E-state index contributed by atoms with van der Waals surface area (Å²) in [6.07, 6.45) is 1.07. The van der Waals surface area contributed by atoms with Crippen molar-refractivity contribution in [3.63, 3.8) is 0 Å². The molecule has 1 rings (SSSR count). The molecule has 3 amide bonds. The van der Waals surface area contributed by atoms with E-state index in [0.717, 1.165) is 6.42 Å². The van der Waals surface area contributed by atoms with Crippen molar-refractivity contribution < 1.29 is 14.3 Å². The Kier molecular flexibility index (Phi) is 6.24. The minimum atomic E-state index is -0.422. The molecule has 1 aliphatic rings. The Morgan fingerprint density at radius 1 is 1.32 bits per heavy atom. The van der Waals surface area contributed by atoms with Crippen molar-refractivity contribution in [2.24, 2.45) is 0 Å². The fraction of sp³-hybridized carbons (Fsp3) is 0.846. The summed E-state index contributed by atoms with van der Waals surface area (Å²) < 4.78 is 5.59. The number of morpholine rings is 1. The van der Waals surface area contributed by atoms with Gasteiger partial charge in [0.1, 0.15) is 0 Å². The van der Waals surface area contributed by atoms with Crippen LogP contribution in [0.4, 0.5) is 4.79 Å². The number of nitrogens with zero attached hydrogens (tertiary/aromatic N) is 1. The average molecular weight is 271 g/mol. The average Bonchev–Trinajstić information content (AvgIpc) is 2.26. The van der Waals surface area contributed by atoms with E-state index in [-0.39, 0.29) is 30.7 Å². The first-order valence-electron chi connectivity index (χ1n) is 6.88. The van der Waals surface area contributed by atoms with Gasteiger partial charge in [-0.2, -0.15) is 0 Å². The Morgan fingerprint density at radius 3 is 2.42 bits per heavy atom. The van der Waals surface area contributed by atoms with Crippen LogP contribution in [0.25, 0.3) is 0 Å². The van der Waals surface area contributed by atoms with E-state index in [1.807, 2.05) is 32.6 Å². The lowest BCUT2D eigenvalue weighted by molar-refractivity contribution is -0.124. The first kappa shape index (κ1) is 15.9. The standard InChI is InChI=1S/C13H25N3O3/c1-5-9(2)14-13(18)15-12(17)8-16-6-10(3)19-11(4)7-16/h9-11H,5-8H2,1-4H3,(H2,14,15,17,18)/t9-,10+,11+/m0/s1. The Bertz CT molecular complexity index is 312. The molecule has 1 fully saturated rings. The second-order valence-electron chi connectivity index (χ2n) is 5.28. The van der Waals surface area contributed by atoms with E-state index in [4.69, 9.17) is 4.74 Å². The van der Waals surface area contributed by atoms with E-state index in [1.165, 1.54) is 0 Å². The molecule has 0 aromatic rings. The molecule has 1 aliphatic heterocycles. The molecule has 6 heteroatoms. The van der Waals surface area contributed by atoms with Crippen molar-refractivity contribution in [2.45, 2.75) is 52.4 Å². The van der Waals surface area contributed by atoms with Gasteiger partial charge in [-0.1, -0.05) is 6.92 Å². The normalized spacial score (nSPS) is 25.7. The monoisotopic (exact) mass is 271 g/mol. The summed E-state index contributed by atoms with van der Waals surface area (Å²) in [7, 11) is 0. The molecule has 1 saturated heterocycles. The van der Waals surface area contributed by atoms with Gasteiger partial charge in [-0.15, -0.1) is 0 Å². The topological polar surface area (TPSA) is 70.7 Å². The summed E-state index contributed by atoms with van der Waals surface area (Å²) in [5.74, 6) is -0.276. The lowest BCUT2D eigenvalue weighted by Crippen LogP contribution is -2.51. The molecular formula is C13H25N3O3. The van der Waals surface area contributed by atoms with Crippen molar-refractivity contribution in [3.05, 3.63) is 0 Å². The number of imide groups is 1. The molecule has 0 aromatic carbocycles. The summed E-state index contributed by atoms with van der Waals surface area (Å²) in [5, 5.41) is 5.05. The molecule has 0 aliphatic carbocycles. The minimum absolute atomic E-state index is 0.0660. The van der Waals surface area contributed by atoms with Gasteiger partial charge < -0.3 is 10.1 Å². The van der Waals surface area contributed by atoms with Gasteiger partial charge in [-0.25, -0.2) is 4.79 Å². The Labute approximate surface area is 114 Å². The molecule has 0 saturated carbocycles. The van der Waals surface area contributed by atoms with E-state index < -0.39 is 6.03 Å². The fourth-order valence-electron chi connectivity index (χ4n) is 2.14. The predicted octanol–water partition coefficient (Wildman–Crippen LogP) is 0.720. The van der Waals surface area contributed by atoms with Gasteiger partial charge in [0.2, 0.25) is 5.91 Å². The van der Waals surface area contributed by atoms with Crippen LogP contribution in [-0.4, -0.2) is 54.7 Å². The Balaban J connectivity index is 2.32. The number of rotatable bonds is 4. The molecule has 0 unspecified atom stereocenters. The number of carbonyl (C=O) groups excluding carboxylic acids is 2. The maximum Gasteiger partial charge on any atom is 0.321 e. The zero-order valence-electron chi connectivity index (χ0n) is 12.2. The van der Waals surface area contributed by atoms with Gasteiger partial charge in [0.15, 0.2) is 0 Å². The molecule has 1 heterocycles. The van der Waals surface area contributed by atoms with E-state index >= 15 is 0 Å². The zero-order chi connectivity index (χ0) is 14.4. The van der Waals surface area contributed by atoms with Crippen LogP contribution in [0.3, 0.4) is 0 Å². The molecule has 0 radical (unpaired) electrons. The SMILES string of the molecule is CC[C@H](C)NC(=O)NC(=O)CN1C[C@@H](C)O[C@H](C)C1.